The van der Waals surface area contributed by atoms with Gasteiger partial charge in [-0.1, -0.05) is 24.3 Å². The highest BCUT2D eigenvalue weighted by Crippen LogP contribution is 2.19. The van der Waals surface area contributed by atoms with Crippen molar-refractivity contribution in [3.63, 3.8) is 0 Å². The lowest BCUT2D eigenvalue weighted by Crippen LogP contribution is -2.27. The summed E-state index contributed by atoms with van der Waals surface area (Å²) in [5, 5.41) is 0. The third-order valence-electron chi connectivity index (χ3n) is 3.51. The maximum absolute atomic E-state index is 4.52. The lowest BCUT2D eigenvalue weighted by atomic mass is 10.0. The van der Waals surface area contributed by atoms with Crippen LogP contribution in [0.4, 0.5) is 5.82 Å². The highest BCUT2D eigenvalue weighted by molar-refractivity contribution is 5.40. The summed E-state index contributed by atoms with van der Waals surface area (Å²) >= 11 is 0. The van der Waals surface area contributed by atoms with Crippen molar-refractivity contribution in [2.45, 2.75) is 19.8 Å². The standard InChI is InChI=1S/C15H17N3/c1-12-16-9-6-15(17-12)18-10-7-13-4-2-3-5-14(13)8-11-18/h2-6,9H,7-8,10-11H2,1H3. The first-order valence-electron chi connectivity index (χ1n) is 6.44. The second-order valence-electron chi connectivity index (χ2n) is 4.72. The minimum atomic E-state index is 0.842. The largest absolute Gasteiger partial charge is 0.356 e. The lowest BCUT2D eigenvalue weighted by molar-refractivity contribution is 0.783. The molecule has 2 aromatic rings. The highest BCUT2D eigenvalue weighted by atomic mass is 15.2. The van der Waals surface area contributed by atoms with Gasteiger partial charge in [0.1, 0.15) is 11.6 Å². The molecule has 3 heteroatoms. The van der Waals surface area contributed by atoms with Crippen LogP contribution in [0.2, 0.25) is 0 Å². The molecule has 0 atom stereocenters. The Bertz CT molecular complexity index is 524. The third kappa shape index (κ3) is 2.21. The monoisotopic (exact) mass is 239 g/mol. The van der Waals surface area contributed by atoms with E-state index in [0.29, 0.717) is 0 Å². The van der Waals surface area contributed by atoms with E-state index in [1.165, 1.54) is 11.1 Å². The molecular weight excluding hydrogens is 222 g/mol. The van der Waals surface area contributed by atoms with E-state index >= 15 is 0 Å². The molecule has 92 valence electrons. The molecule has 2 heterocycles. The average molecular weight is 239 g/mol. The molecule has 0 spiro atoms. The fourth-order valence-electron chi connectivity index (χ4n) is 2.52. The van der Waals surface area contributed by atoms with Gasteiger partial charge in [-0.25, -0.2) is 9.97 Å². The van der Waals surface area contributed by atoms with E-state index in [1.807, 2.05) is 19.2 Å². The topological polar surface area (TPSA) is 29.0 Å². The molecular formula is C15H17N3. The van der Waals surface area contributed by atoms with Crippen molar-refractivity contribution in [2.24, 2.45) is 0 Å². The number of benzene rings is 1. The van der Waals surface area contributed by atoms with Crippen molar-refractivity contribution in [3.05, 3.63) is 53.5 Å². The molecule has 3 nitrogen and oxygen atoms in total. The van der Waals surface area contributed by atoms with Gasteiger partial charge in [0, 0.05) is 19.3 Å². The first-order chi connectivity index (χ1) is 8.83. The van der Waals surface area contributed by atoms with Crippen LogP contribution in [0.25, 0.3) is 0 Å². The Balaban J connectivity index is 1.83. The van der Waals surface area contributed by atoms with Crippen LogP contribution in [0.3, 0.4) is 0 Å². The van der Waals surface area contributed by atoms with Crippen LogP contribution in [-0.4, -0.2) is 23.1 Å². The molecule has 0 saturated carbocycles. The molecule has 0 bridgehead atoms. The maximum atomic E-state index is 4.52. The highest BCUT2D eigenvalue weighted by Gasteiger charge is 2.14. The molecule has 0 saturated heterocycles. The summed E-state index contributed by atoms with van der Waals surface area (Å²) in [6.45, 7) is 4.01. The van der Waals surface area contributed by atoms with Crippen LogP contribution in [-0.2, 0) is 12.8 Å². The number of aryl methyl sites for hydroxylation is 1. The van der Waals surface area contributed by atoms with Gasteiger partial charge in [0.25, 0.3) is 0 Å². The van der Waals surface area contributed by atoms with E-state index in [1.54, 1.807) is 0 Å². The summed E-state index contributed by atoms with van der Waals surface area (Å²) in [6.07, 6.45) is 4.04. The molecule has 0 fully saturated rings. The van der Waals surface area contributed by atoms with Gasteiger partial charge < -0.3 is 4.90 Å². The third-order valence-corrected chi connectivity index (χ3v) is 3.51. The van der Waals surface area contributed by atoms with Crippen molar-refractivity contribution < 1.29 is 0 Å². The fraction of sp³-hybridized carbons (Fsp3) is 0.333. The molecule has 1 aromatic heterocycles. The zero-order valence-electron chi connectivity index (χ0n) is 10.6. The van der Waals surface area contributed by atoms with Crippen molar-refractivity contribution in [3.8, 4) is 0 Å². The van der Waals surface area contributed by atoms with Crippen LogP contribution in [0.5, 0.6) is 0 Å². The molecule has 18 heavy (non-hydrogen) atoms. The Morgan fingerprint density at radius 1 is 1.00 bits per heavy atom. The number of rotatable bonds is 1. The van der Waals surface area contributed by atoms with Crippen molar-refractivity contribution in [2.75, 3.05) is 18.0 Å². The van der Waals surface area contributed by atoms with Gasteiger partial charge in [0.15, 0.2) is 0 Å². The van der Waals surface area contributed by atoms with E-state index in [-0.39, 0.29) is 0 Å². The number of hydrogen-bond acceptors (Lipinski definition) is 3. The molecule has 1 aliphatic heterocycles. The molecule has 3 rings (SSSR count). The smallest absolute Gasteiger partial charge is 0.132 e. The minimum absolute atomic E-state index is 0.842. The van der Waals surface area contributed by atoms with Crippen LogP contribution in [0.1, 0.15) is 17.0 Å². The Hall–Kier alpha value is -1.90. The number of anilines is 1. The van der Waals surface area contributed by atoms with E-state index in [2.05, 4.69) is 39.1 Å². The van der Waals surface area contributed by atoms with Gasteiger partial charge in [-0.3, -0.25) is 0 Å². The molecule has 0 amide bonds. The van der Waals surface area contributed by atoms with E-state index < -0.39 is 0 Å². The summed E-state index contributed by atoms with van der Waals surface area (Å²) in [5.74, 6) is 1.89. The number of aromatic nitrogens is 2. The Morgan fingerprint density at radius 2 is 1.67 bits per heavy atom. The molecule has 0 radical (unpaired) electrons. The summed E-state index contributed by atoms with van der Waals surface area (Å²) < 4.78 is 0. The Morgan fingerprint density at radius 3 is 2.28 bits per heavy atom. The molecule has 0 aliphatic carbocycles. The Kier molecular flexibility index (Phi) is 2.97. The maximum Gasteiger partial charge on any atom is 0.132 e. The van der Waals surface area contributed by atoms with Gasteiger partial charge in [0.05, 0.1) is 0 Å². The number of fused-ring (bicyclic) bond motifs is 1. The first kappa shape index (κ1) is 11.2. The van der Waals surface area contributed by atoms with Crippen LogP contribution in [0.15, 0.2) is 36.5 Å². The predicted molar refractivity (Wildman–Crippen MR) is 72.8 cm³/mol. The first-order valence-corrected chi connectivity index (χ1v) is 6.44. The molecule has 0 unspecified atom stereocenters. The second-order valence-corrected chi connectivity index (χ2v) is 4.72. The Labute approximate surface area is 108 Å². The van der Waals surface area contributed by atoms with Crippen molar-refractivity contribution in [1.29, 1.82) is 0 Å². The summed E-state index contributed by atoms with van der Waals surface area (Å²) in [4.78, 5) is 11.0. The van der Waals surface area contributed by atoms with Gasteiger partial charge in [-0.2, -0.15) is 0 Å². The normalized spacial score (nSPS) is 15.1. The zero-order valence-corrected chi connectivity index (χ0v) is 10.6. The van der Waals surface area contributed by atoms with Gasteiger partial charge in [0.2, 0.25) is 0 Å². The summed E-state index contributed by atoms with van der Waals surface area (Å²) in [6, 6.07) is 10.7. The van der Waals surface area contributed by atoms with Crippen LogP contribution < -0.4 is 4.90 Å². The van der Waals surface area contributed by atoms with Crippen LogP contribution in [0, 0.1) is 6.92 Å². The van der Waals surface area contributed by atoms with Crippen LogP contribution >= 0.6 is 0 Å². The molecule has 1 aliphatic rings. The minimum Gasteiger partial charge on any atom is -0.356 e. The van der Waals surface area contributed by atoms with E-state index in [9.17, 15) is 0 Å². The SMILES string of the molecule is Cc1nccc(N2CCc3ccccc3CC2)n1. The average Bonchev–Trinajstić information content (AvgIpc) is 2.61. The summed E-state index contributed by atoms with van der Waals surface area (Å²) in [7, 11) is 0. The summed E-state index contributed by atoms with van der Waals surface area (Å²) in [5.41, 5.74) is 2.96. The van der Waals surface area contributed by atoms with Crippen molar-refractivity contribution in [1.82, 2.24) is 9.97 Å². The fourth-order valence-corrected chi connectivity index (χ4v) is 2.52. The lowest BCUT2D eigenvalue weighted by Gasteiger charge is -2.21. The van der Waals surface area contributed by atoms with Gasteiger partial charge in [-0.05, 0) is 37.0 Å². The number of nitrogens with zero attached hydrogens (tertiary/aromatic N) is 3. The zero-order chi connectivity index (χ0) is 12.4. The van der Waals surface area contributed by atoms with E-state index in [0.717, 1.165) is 37.6 Å². The van der Waals surface area contributed by atoms with Gasteiger partial charge in [-0.15, -0.1) is 0 Å². The van der Waals surface area contributed by atoms with Crippen molar-refractivity contribution >= 4 is 5.82 Å². The molecule has 1 aromatic carbocycles. The number of hydrogen-bond donors (Lipinski definition) is 0. The van der Waals surface area contributed by atoms with E-state index in [4.69, 9.17) is 0 Å². The quantitative estimate of drug-likeness (QED) is 0.765. The molecule has 0 N–H and O–H groups in total. The van der Waals surface area contributed by atoms with Gasteiger partial charge >= 0.3 is 0 Å². The predicted octanol–water partition coefficient (Wildman–Crippen LogP) is 2.39. The second kappa shape index (κ2) is 4.77.